The van der Waals surface area contributed by atoms with Gasteiger partial charge in [-0.15, -0.1) is 0 Å². The van der Waals surface area contributed by atoms with Crippen LogP contribution in [0.3, 0.4) is 0 Å². The molecule has 0 atom stereocenters. The second-order valence-corrected chi connectivity index (χ2v) is 5.68. The van der Waals surface area contributed by atoms with Crippen LogP contribution < -0.4 is 5.73 Å². The van der Waals surface area contributed by atoms with E-state index in [0.29, 0.717) is 5.95 Å². The van der Waals surface area contributed by atoms with Crippen molar-refractivity contribution >= 4 is 17.0 Å². The Morgan fingerprint density at radius 3 is 2.71 bits per heavy atom. The SMILES string of the molecule is Cc1cccc2c1nc(N)n2C(C)(C)C1CC1. The van der Waals surface area contributed by atoms with Crippen molar-refractivity contribution in [1.82, 2.24) is 9.55 Å². The molecular formula is C14H19N3. The van der Waals surface area contributed by atoms with Crippen LogP contribution in [0.25, 0.3) is 11.0 Å². The van der Waals surface area contributed by atoms with Gasteiger partial charge in [0.25, 0.3) is 0 Å². The molecule has 3 nitrogen and oxygen atoms in total. The monoisotopic (exact) mass is 229 g/mol. The largest absolute Gasteiger partial charge is 0.369 e. The topological polar surface area (TPSA) is 43.8 Å². The van der Waals surface area contributed by atoms with Crippen LogP contribution in [0.5, 0.6) is 0 Å². The first-order valence-electron chi connectivity index (χ1n) is 6.26. The molecule has 1 heterocycles. The van der Waals surface area contributed by atoms with Crippen molar-refractivity contribution < 1.29 is 0 Å². The number of nitrogen functional groups attached to an aromatic ring is 1. The van der Waals surface area contributed by atoms with E-state index in [1.54, 1.807) is 0 Å². The molecular weight excluding hydrogens is 210 g/mol. The Labute approximate surface area is 102 Å². The van der Waals surface area contributed by atoms with Gasteiger partial charge in [-0.25, -0.2) is 4.98 Å². The molecule has 1 aromatic carbocycles. The van der Waals surface area contributed by atoms with E-state index in [-0.39, 0.29) is 5.54 Å². The Bertz CT molecular complexity index is 576. The van der Waals surface area contributed by atoms with Crippen LogP contribution in [-0.4, -0.2) is 9.55 Å². The normalized spacial score (nSPS) is 16.6. The van der Waals surface area contributed by atoms with Gasteiger partial charge in [0.05, 0.1) is 11.0 Å². The van der Waals surface area contributed by atoms with Gasteiger partial charge in [0.15, 0.2) is 0 Å². The summed E-state index contributed by atoms with van der Waals surface area (Å²) in [7, 11) is 0. The summed E-state index contributed by atoms with van der Waals surface area (Å²) < 4.78 is 2.22. The summed E-state index contributed by atoms with van der Waals surface area (Å²) in [4.78, 5) is 4.53. The summed E-state index contributed by atoms with van der Waals surface area (Å²) in [5.74, 6) is 1.38. The minimum Gasteiger partial charge on any atom is -0.369 e. The molecule has 0 bridgehead atoms. The Hall–Kier alpha value is -1.51. The van der Waals surface area contributed by atoms with E-state index in [9.17, 15) is 0 Å². The van der Waals surface area contributed by atoms with E-state index in [0.717, 1.165) is 11.4 Å². The van der Waals surface area contributed by atoms with E-state index in [2.05, 4.69) is 48.5 Å². The summed E-state index contributed by atoms with van der Waals surface area (Å²) >= 11 is 0. The summed E-state index contributed by atoms with van der Waals surface area (Å²) in [6.07, 6.45) is 2.61. The highest BCUT2D eigenvalue weighted by Crippen LogP contribution is 2.46. The minimum absolute atomic E-state index is 0.0760. The van der Waals surface area contributed by atoms with Crippen LogP contribution in [0, 0.1) is 12.8 Å². The molecule has 1 aliphatic carbocycles. The van der Waals surface area contributed by atoms with Gasteiger partial charge in [-0.2, -0.15) is 0 Å². The highest BCUT2D eigenvalue weighted by molar-refractivity contribution is 5.81. The molecule has 0 radical (unpaired) electrons. The van der Waals surface area contributed by atoms with Crippen molar-refractivity contribution in [2.45, 2.75) is 39.2 Å². The molecule has 1 fully saturated rings. The molecule has 1 aromatic heterocycles. The molecule has 0 saturated heterocycles. The number of aryl methyl sites for hydroxylation is 1. The minimum atomic E-state index is 0.0760. The van der Waals surface area contributed by atoms with E-state index >= 15 is 0 Å². The molecule has 0 amide bonds. The maximum absolute atomic E-state index is 6.13. The summed E-state index contributed by atoms with van der Waals surface area (Å²) in [5.41, 5.74) is 9.60. The lowest BCUT2D eigenvalue weighted by molar-refractivity contribution is 0.318. The number of imidazole rings is 1. The van der Waals surface area contributed by atoms with Gasteiger partial charge in [0.2, 0.25) is 5.95 Å². The lowest BCUT2D eigenvalue weighted by Gasteiger charge is -2.28. The van der Waals surface area contributed by atoms with Gasteiger partial charge in [0, 0.05) is 5.54 Å². The zero-order valence-corrected chi connectivity index (χ0v) is 10.7. The number of nitrogens with two attached hydrogens (primary N) is 1. The molecule has 3 rings (SSSR count). The second kappa shape index (κ2) is 3.25. The van der Waals surface area contributed by atoms with Gasteiger partial charge in [-0.1, -0.05) is 12.1 Å². The van der Waals surface area contributed by atoms with Crippen LogP contribution in [0.4, 0.5) is 5.95 Å². The Kier molecular flexibility index (Phi) is 2.03. The number of anilines is 1. The lowest BCUT2D eigenvalue weighted by Crippen LogP contribution is -2.29. The third kappa shape index (κ3) is 1.45. The highest BCUT2D eigenvalue weighted by atomic mass is 15.2. The van der Waals surface area contributed by atoms with Crippen molar-refractivity contribution in [2.24, 2.45) is 5.92 Å². The first kappa shape index (κ1) is 10.6. The Balaban J connectivity index is 2.28. The van der Waals surface area contributed by atoms with Gasteiger partial charge < -0.3 is 10.3 Å². The van der Waals surface area contributed by atoms with Crippen molar-refractivity contribution in [3.8, 4) is 0 Å². The van der Waals surface area contributed by atoms with Crippen molar-refractivity contribution in [2.75, 3.05) is 5.73 Å². The van der Waals surface area contributed by atoms with Crippen LogP contribution in [0.15, 0.2) is 18.2 Å². The quantitative estimate of drug-likeness (QED) is 0.860. The van der Waals surface area contributed by atoms with Crippen molar-refractivity contribution in [3.05, 3.63) is 23.8 Å². The fraction of sp³-hybridized carbons (Fsp3) is 0.500. The van der Waals surface area contributed by atoms with Crippen LogP contribution >= 0.6 is 0 Å². The zero-order valence-electron chi connectivity index (χ0n) is 10.7. The summed E-state index contributed by atoms with van der Waals surface area (Å²) in [5, 5.41) is 0. The van der Waals surface area contributed by atoms with E-state index < -0.39 is 0 Å². The molecule has 1 saturated carbocycles. The number of nitrogens with zero attached hydrogens (tertiary/aromatic N) is 2. The standard InChI is InChI=1S/C14H19N3/c1-9-5-4-6-11-12(9)16-13(15)17(11)14(2,3)10-7-8-10/h4-6,10H,7-8H2,1-3H3,(H2,15,16). The van der Waals surface area contributed by atoms with Gasteiger partial charge >= 0.3 is 0 Å². The fourth-order valence-corrected chi connectivity index (χ4v) is 2.84. The van der Waals surface area contributed by atoms with Crippen LogP contribution in [-0.2, 0) is 5.54 Å². The van der Waals surface area contributed by atoms with Crippen molar-refractivity contribution in [1.29, 1.82) is 0 Å². The first-order chi connectivity index (χ1) is 8.01. The molecule has 2 N–H and O–H groups in total. The average molecular weight is 229 g/mol. The Morgan fingerprint density at radius 1 is 1.35 bits per heavy atom. The molecule has 17 heavy (non-hydrogen) atoms. The smallest absolute Gasteiger partial charge is 0.201 e. The number of rotatable bonds is 2. The summed E-state index contributed by atoms with van der Waals surface area (Å²) in [6, 6.07) is 6.29. The Morgan fingerprint density at radius 2 is 2.06 bits per heavy atom. The van der Waals surface area contributed by atoms with Crippen LogP contribution in [0.2, 0.25) is 0 Å². The highest BCUT2D eigenvalue weighted by Gasteiger charge is 2.40. The number of hydrogen-bond donors (Lipinski definition) is 1. The predicted molar refractivity (Wildman–Crippen MR) is 70.9 cm³/mol. The number of hydrogen-bond acceptors (Lipinski definition) is 2. The zero-order chi connectivity index (χ0) is 12.2. The van der Waals surface area contributed by atoms with E-state index in [4.69, 9.17) is 5.73 Å². The van der Waals surface area contributed by atoms with Gasteiger partial charge in [-0.3, -0.25) is 0 Å². The molecule has 0 aliphatic heterocycles. The van der Waals surface area contributed by atoms with Gasteiger partial charge in [-0.05, 0) is 51.2 Å². The maximum Gasteiger partial charge on any atom is 0.201 e. The number of benzene rings is 1. The van der Waals surface area contributed by atoms with Gasteiger partial charge in [0.1, 0.15) is 0 Å². The lowest BCUT2D eigenvalue weighted by atomic mass is 9.98. The van der Waals surface area contributed by atoms with Crippen LogP contribution in [0.1, 0.15) is 32.3 Å². The number of para-hydroxylation sites is 1. The average Bonchev–Trinajstić information content (AvgIpc) is 3.03. The number of fused-ring (bicyclic) bond motifs is 1. The molecule has 0 spiro atoms. The third-order valence-electron chi connectivity index (χ3n) is 4.07. The molecule has 3 heteroatoms. The van der Waals surface area contributed by atoms with Crippen molar-refractivity contribution in [3.63, 3.8) is 0 Å². The van der Waals surface area contributed by atoms with E-state index in [1.807, 2.05) is 0 Å². The molecule has 1 aliphatic rings. The first-order valence-corrected chi connectivity index (χ1v) is 6.26. The maximum atomic E-state index is 6.13. The third-order valence-corrected chi connectivity index (χ3v) is 4.07. The predicted octanol–water partition coefficient (Wildman–Crippen LogP) is 3.07. The number of aromatic nitrogens is 2. The molecule has 0 unspecified atom stereocenters. The molecule has 2 aromatic rings. The molecule has 90 valence electrons. The van der Waals surface area contributed by atoms with E-state index in [1.165, 1.54) is 23.9 Å². The summed E-state index contributed by atoms with van der Waals surface area (Å²) in [6.45, 7) is 6.62. The fourth-order valence-electron chi connectivity index (χ4n) is 2.84. The second-order valence-electron chi connectivity index (χ2n) is 5.68.